The average molecular weight is 321 g/mol. The Morgan fingerprint density at radius 2 is 1.76 bits per heavy atom. The molecule has 5 nitrogen and oxygen atoms in total. The first kappa shape index (κ1) is 15.0. The number of nitrogens with zero attached hydrogens (tertiary/aromatic N) is 1. The van der Waals surface area contributed by atoms with Gasteiger partial charge in [0, 0.05) is 21.4 Å². The average Bonchev–Trinajstić information content (AvgIpc) is 2.39. The third-order valence-corrected chi connectivity index (χ3v) is 2.97. The second-order valence-electron chi connectivity index (χ2n) is 4.15. The number of halogens is 2. The summed E-state index contributed by atoms with van der Waals surface area (Å²) in [7, 11) is 0. The van der Waals surface area contributed by atoms with Crippen LogP contribution >= 0.6 is 23.2 Å². The van der Waals surface area contributed by atoms with Gasteiger partial charge in [-0.15, -0.1) is 0 Å². The number of hydrogen-bond acceptors (Lipinski definition) is 3. The third-order valence-electron chi connectivity index (χ3n) is 2.53. The minimum absolute atomic E-state index is 0.272. The van der Waals surface area contributed by atoms with Crippen molar-refractivity contribution in [2.45, 2.75) is 0 Å². The van der Waals surface area contributed by atoms with E-state index in [-0.39, 0.29) is 5.56 Å². The van der Waals surface area contributed by atoms with Crippen molar-refractivity contribution < 1.29 is 4.79 Å². The Morgan fingerprint density at radius 1 is 1.10 bits per heavy atom. The van der Waals surface area contributed by atoms with Gasteiger partial charge in [-0.2, -0.15) is 5.26 Å². The smallest absolute Gasteiger partial charge is 0.323 e. The van der Waals surface area contributed by atoms with Gasteiger partial charge in [0.15, 0.2) is 0 Å². The van der Waals surface area contributed by atoms with E-state index in [1.807, 2.05) is 6.07 Å². The predicted octanol–water partition coefficient (Wildman–Crippen LogP) is 4.09. The van der Waals surface area contributed by atoms with Crippen LogP contribution in [0.3, 0.4) is 0 Å². The summed E-state index contributed by atoms with van der Waals surface area (Å²) in [5, 5.41) is 15.0. The number of hydrogen-bond donors (Lipinski definition) is 3. The maximum absolute atomic E-state index is 11.9. The van der Waals surface area contributed by atoms with Crippen LogP contribution in [-0.4, -0.2) is 6.03 Å². The van der Waals surface area contributed by atoms with Crippen LogP contribution in [-0.2, 0) is 0 Å². The van der Waals surface area contributed by atoms with Crippen molar-refractivity contribution in [1.29, 1.82) is 5.26 Å². The fraction of sp³-hybridized carbons (Fsp3) is 0. The number of rotatable bonds is 2. The van der Waals surface area contributed by atoms with Crippen molar-refractivity contribution in [1.82, 2.24) is 0 Å². The number of nitrogens with two attached hydrogens (primary N) is 1. The van der Waals surface area contributed by atoms with E-state index in [0.717, 1.165) is 0 Å². The summed E-state index contributed by atoms with van der Waals surface area (Å²) in [6, 6.07) is 10.7. The van der Waals surface area contributed by atoms with E-state index in [0.29, 0.717) is 27.1 Å². The highest BCUT2D eigenvalue weighted by Gasteiger charge is 2.08. The molecule has 2 aromatic rings. The number of benzene rings is 2. The van der Waals surface area contributed by atoms with E-state index in [9.17, 15) is 4.79 Å². The molecule has 0 bridgehead atoms. The van der Waals surface area contributed by atoms with Gasteiger partial charge in [0.05, 0.1) is 11.3 Å². The van der Waals surface area contributed by atoms with Crippen molar-refractivity contribution in [2.75, 3.05) is 16.4 Å². The first-order valence-corrected chi connectivity index (χ1v) is 6.57. The number of nitriles is 1. The molecule has 0 spiro atoms. The lowest BCUT2D eigenvalue weighted by Crippen LogP contribution is -2.20. The number of urea groups is 1. The molecule has 2 rings (SSSR count). The van der Waals surface area contributed by atoms with Gasteiger partial charge in [0.1, 0.15) is 6.07 Å². The maximum Gasteiger partial charge on any atom is 0.323 e. The van der Waals surface area contributed by atoms with Crippen LogP contribution in [0.5, 0.6) is 0 Å². The van der Waals surface area contributed by atoms with Gasteiger partial charge in [0.25, 0.3) is 0 Å². The largest absolute Gasteiger partial charge is 0.399 e. The Labute approximate surface area is 131 Å². The Hall–Kier alpha value is -2.42. The number of carbonyl (C=O) groups is 1. The molecular formula is C14H10Cl2N4O. The molecule has 0 aliphatic heterocycles. The molecule has 106 valence electrons. The van der Waals surface area contributed by atoms with Crippen LogP contribution in [0.4, 0.5) is 21.9 Å². The Balaban J connectivity index is 2.14. The number of carbonyl (C=O) groups excluding carboxylic acids is 1. The molecule has 0 aromatic heterocycles. The molecule has 0 atom stereocenters. The van der Waals surface area contributed by atoms with Crippen molar-refractivity contribution in [3.05, 3.63) is 52.0 Å². The van der Waals surface area contributed by atoms with Crippen LogP contribution < -0.4 is 16.4 Å². The van der Waals surface area contributed by atoms with Crippen LogP contribution in [0.1, 0.15) is 5.56 Å². The topological polar surface area (TPSA) is 90.9 Å². The second kappa shape index (κ2) is 6.35. The lowest BCUT2D eigenvalue weighted by Gasteiger charge is -2.10. The maximum atomic E-state index is 11.9. The van der Waals surface area contributed by atoms with Crippen molar-refractivity contribution in [3.8, 4) is 6.07 Å². The first-order valence-electron chi connectivity index (χ1n) is 5.81. The van der Waals surface area contributed by atoms with E-state index in [2.05, 4.69) is 10.6 Å². The SMILES string of the molecule is N#Cc1cc(N)ccc1NC(=O)Nc1cc(Cl)cc(Cl)c1. The zero-order chi connectivity index (χ0) is 15.4. The monoisotopic (exact) mass is 320 g/mol. The Kier molecular flexibility index (Phi) is 4.53. The quantitative estimate of drug-likeness (QED) is 0.728. The second-order valence-corrected chi connectivity index (χ2v) is 5.03. The normalized spacial score (nSPS) is 9.76. The minimum Gasteiger partial charge on any atom is -0.399 e. The molecule has 0 aliphatic rings. The summed E-state index contributed by atoms with van der Waals surface area (Å²) in [5.41, 5.74) is 7.10. The van der Waals surface area contributed by atoms with Crippen LogP contribution in [0, 0.1) is 11.3 Å². The van der Waals surface area contributed by atoms with E-state index < -0.39 is 6.03 Å². The summed E-state index contributed by atoms with van der Waals surface area (Å²) in [5.74, 6) is 0. The summed E-state index contributed by atoms with van der Waals surface area (Å²) in [6.45, 7) is 0. The number of nitrogens with one attached hydrogen (secondary N) is 2. The first-order chi connectivity index (χ1) is 9.97. The van der Waals surface area contributed by atoms with Gasteiger partial charge in [0.2, 0.25) is 0 Å². The van der Waals surface area contributed by atoms with Crippen LogP contribution in [0.2, 0.25) is 10.0 Å². The van der Waals surface area contributed by atoms with E-state index in [4.69, 9.17) is 34.2 Å². The molecule has 0 saturated carbocycles. The predicted molar refractivity (Wildman–Crippen MR) is 84.7 cm³/mol. The zero-order valence-electron chi connectivity index (χ0n) is 10.7. The third kappa shape index (κ3) is 4.02. The van der Waals surface area contributed by atoms with Crippen LogP contribution in [0.15, 0.2) is 36.4 Å². The Bertz CT molecular complexity index is 720. The van der Waals surface area contributed by atoms with Crippen molar-refractivity contribution >= 4 is 46.3 Å². The molecule has 0 unspecified atom stereocenters. The molecule has 0 fully saturated rings. The molecule has 0 aliphatic carbocycles. The van der Waals surface area contributed by atoms with E-state index >= 15 is 0 Å². The van der Waals surface area contributed by atoms with Gasteiger partial charge in [-0.1, -0.05) is 23.2 Å². The summed E-state index contributed by atoms with van der Waals surface area (Å²) in [4.78, 5) is 11.9. The van der Waals surface area contributed by atoms with Crippen LogP contribution in [0.25, 0.3) is 0 Å². The lowest BCUT2D eigenvalue weighted by molar-refractivity contribution is 0.262. The number of amides is 2. The standard InChI is InChI=1S/C14H10Cl2N4O/c15-9-4-10(16)6-12(5-9)19-14(21)20-13-2-1-11(18)3-8(13)7-17/h1-6H,18H2,(H2,19,20,21). The van der Waals surface area contributed by atoms with Gasteiger partial charge < -0.3 is 16.4 Å². The highest BCUT2D eigenvalue weighted by atomic mass is 35.5. The highest BCUT2D eigenvalue weighted by molar-refractivity contribution is 6.35. The molecular weight excluding hydrogens is 311 g/mol. The zero-order valence-corrected chi connectivity index (χ0v) is 12.2. The summed E-state index contributed by atoms with van der Waals surface area (Å²) >= 11 is 11.7. The molecule has 2 amide bonds. The van der Waals surface area contributed by atoms with Gasteiger partial charge in [-0.05, 0) is 36.4 Å². The molecule has 21 heavy (non-hydrogen) atoms. The number of anilines is 3. The highest BCUT2D eigenvalue weighted by Crippen LogP contribution is 2.23. The fourth-order valence-electron chi connectivity index (χ4n) is 1.67. The van der Waals surface area contributed by atoms with Gasteiger partial charge in [-0.25, -0.2) is 4.79 Å². The van der Waals surface area contributed by atoms with Gasteiger partial charge >= 0.3 is 6.03 Å². The molecule has 2 aromatic carbocycles. The van der Waals surface area contributed by atoms with Crippen molar-refractivity contribution in [3.63, 3.8) is 0 Å². The molecule has 0 radical (unpaired) electrons. The molecule has 7 heteroatoms. The summed E-state index contributed by atoms with van der Waals surface area (Å²) in [6.07, 6.45) is 0. The molecule has 4 N–H and O–H groups in total. The lowest BCUT2D eigenvalue weighted by atomic mass is 10.2. The van der Waals surface area contributed by atoms with Gasteiger partial charge in [-0.3, -0.25) is 0 Å². The van der Waals surface area contributed by atoms with E-state index in [1.165, 1.54) is 6.07 Å². The number of nitrogen functional groups attached to an aromatic ring is 1. The Morgan fingerprint density at radius 3 is 2.38 bits per heavy atom. The fourth-order valence-corrected chi connectivity index (χ4v) is 2.20. The summed E-state index contributed by atoms with van der Waals surface area (Å²) < 4.78 is 0. The minimum atomic E-state index is -0.519. The molecule has 0 heterocycles. The molecule has 0 saturated heterocycles. The van der Waals surface area contributed by atoms with Crippen molar-refractivity contribution in [2.24, 2.45) is 0 Å². The van der Waals surface area contributed by atoms with E-state index in [1.54, 1.807) is 30.3 Å².